The second-order valence-corrected chi connectivity index (χ2v) is 7.79. The maximum atomic E-state index is 6.25. The zero-order chi connectivity index (χ0) is 19.0. The van der Waals surface area contributed by atoms with Gasteiger partial charge in [-0.15, -0.1) is 0 Å². The van der Waals surface area contributed by atoms with E-state index < -0.39 is 0 Å². The SMILES string of the molecule is C1COC(OCC(OC2CCCO2)C(COC2CCCO2)OC2CCCO2)C1. The molecule has 0 N–H and O–H groups in total. The van der Waals surface area contributed by atoms with Crippen LogP contribution in [0.2, 0.25) is 0 Å². The molecule has 0 saturated carbocycles. The summed E-state index contributed by atoms with van der Waals surface area (Å²) >= 11 is 0. The van der Waals surface area contributed by atoms with Gasteiger partial charge >= 0.3 is 0 Å². The maximum absolute atomic E-state index is 6.25. The number of ether oxygens (including phenoxy) is 8. The Hall–Kier alpha value is -0.320. The summed E-state index contributed by atoms with van der Waals surface area (Å²) in [5.74, 6) is 0. The van der Waals surface area contributed by atoms with Gasteiger partial charge in [0.05, 0.1) is 13.2 Å². The number of rotatable bonds is 11. The van der Waals surface area contributed by atoms with Gasteiger partial charge in [-0.25, -0.2) is 0 Å². The molecule has 28 heavy (non-hydrogen) atoms. The fraction of sp³-hybridized carbons (Fsp3) is 1.00. The van der Waals surface area contributed by atoms with Crippen LogP contribution in [0.1, 0.15) is 51.4 Å². The lowest BCUT2D eigenvalue weighted by Gasteiger charge is -2.32. The summed E-state index contributed by atoms with van der Waals surface area (Å²) in [6, 6.07) is 0. The van der Waals surface area contributed by atoms with Crippen LogP contribution >= 0.6 is 0 Å². The van der Waals surface area contributed by atoms with Crippen molar-refractivity contribution in [3.8, 4) is 0 Å². The molecule has 0 aromatic heterocycles. The molecule has 4 fully saturated rings. The lowest BCUT2D eigenvalue weighted by Crippen LogP contribution is -2.44. The van der Waals surface area contributed by atoms with E-state index in [1.54, 1.807) is 0 Å². The van der Waals surface area contributed by atoms with Gasteiger partial charge in [-0.3, -0.25) is 0 Å². The quantitative estimate of drug-likeness (QED) is 0.521. The summed E-state index contributed by atoms with van der Waals surface area (Å²) in [5.41, 5.74) is 0. The molecule has 6 atom stereocenters. The molecular weight excluding hydrogens is 368 g/mol. The molecule has 0 amide bonds. The zero-order valence-electron chi connectivity index (χ0n) is 16.6. The van der Waals surface area contributed by atoms with Gasteiger partial charge in [-0.1, -0.05) is 0 Å². The second-order valence-electron chi connectivity index (χ2n) is 7.79. The molecule has 0 aromatic rings. The zero-order valence-corrected chi connectivity index (χ0v) is 16.6. The second kappa shape index (κ2) is 11.2. The lowest BCUT2D eigenvalue weighted by atomic mass is 10.2. The maximum Gasteiger partial charge on any atom is 0.158 e. The van der Waals surface area contributed by atoms with Gasteiger partial charge in [-0.05, 0) is 25.7 Å². The molecule has 4 aliphatic rings. The van der Waals surface area contributed by atoms with Crippen molar-refractivity contribution in [1.29, 1.82) is 0 Å². The van der Waals surface area contributed by atoms with Crippen LogP contribution in [-0.4, -0.2) is 77.0 Å². The average molecular weight is 402 g/mol. The molecule has 162 valence electrons. The molecular formula is C20H34O8. The van der Waals surface area contributed by atoms with Crippen molar-refractivity contribution in [2.45, 2.75) is 88.7 Å². The lowest BCUT2D eigenvalue weighted by molar-refractivity contribution is -0.254. The van der Waals surface area contributed by atoms with Gasteiger partial charge in [0.1, 0.15) is 12.2 Å². The minimum Gasteiger partial charge on any atom is -0.353 e. The first-order valence-electron chi connectivity index (χ1n) is 10.9. The Bertz CT molecular complexity index is 386. The van der Waals surface area contributed by atoms with E-state index in [0.29, 0.717) is 13.2 Å². The average Bonchev–Trinajstić information content (AvgIpc) is 3.50. The van der Waals surface area contributed by atoms with Crippen LogP contribution in [0.25, 0.3) is 0 Å². The minimum atomic E-state index is -0.321. The summed E-state index contributed by atoms with van der Waals surface area (Å²) in [7, 11) is 0. The van der Waals surface area contributed by atoms with Gasteiger partial charge in [0.15, 0.2) is 25.2 Å². The molecule has 4 rings (SSSR count). The molecule has 6 unspecified atom stereocenters. The summed E-state index contributed by atoms with van der Waals surface area (Å²) in [4.78, 5) is 0. The highest BCUT2D eigenvalue weighted by Crippen LogP contribution is 2.24. The molecule has 4 aliphatic heterocycles. The van der Waals surface area contributed by atoms with E-state index in [-0.39, 0.29) is 37.4 Å². The fourth-order valence-corrected chi connectivity index (χ4v) is 3.93. The Labute approximate surface area is 167 Å². The first-order chi connectivity index (χ1) is 13.9. The molecule has 4 saturated heterocycles. The fourth-order valence-electron chi connectivity index (χ4n) is 3.93. The highest BCUT2D eigenvalue weighted by molar-refractivity contribution is 4.76. The standard InChI is InChI=1S/C20H34O8/c1-5-17(21-9-1)25-13-15(27-19-7-3-11-23-19)16(28-20-8-4-12-24-20)14-26-18-6-2-10-22-18/h15-20H,1-14H2. The molecule has 8 heteroatoms. The van der Waals surface area contributed by atoms with Crippen LogP contribution in [0.4, 0.5) is 0 Å². The molecule has 4 heterocycles. The van der Waals surface area contributed by atoms with Crippen molar-refractivity contribution in [2.75, 3.05) is 39.6 Å². The third-order valence-corrected chi connectivity index (χ3v) is 5.51. The van der Waals surface area contributed by atoms with Crippen molar-refractivity contribution in [3.63, 3.8) is 0 Å². The Kier molecular flexibility index (Phi) is 8.35. The van der Waals surface area contributed by atoms with E-state index in [4.69, 9.17) is 37.9 Å². The molecule has 8 nitrogen and oxygen atoms in total. The summed E-state index contributed by atoms with van der Waals surface area (Å²) in [5, 5.41) is 0. The third-order valence-electron chi connectivity index (χ3n) is 5.51. The van der Waals surface area contributed by atoms with E-state index in [0.717, 1.165) is 77.8 Å². The first kappa shape index (κ1) is 20.9. The van der Waals surface area contributed by atoms with E-state index in [2.05, 4.69) is 0 Å². The Morgan fingerprint density at radius 3 is 1.21 bits per heavy atom. The van der Waals surface area contributed by atoms with Crippen LogP contribution in [0.3, 0.4) is 0 Å². The van der Waals surface area contributed by atoms with Gasteiger partial charge in [0, 0.05) is 52.1 Å². The van der Waals surface area contributed by atoms with E-state index in [1.807, 2.05) is 0 Å². The summed E-state index contributed by atoms with van der Waals surface area (Å²) in [6.07, 6.45) is 6.24. The monoisotopic (exact) mass is 402 g/mol. The smallest absolute Gasteiger partial charge is 0.158 e. The van der Waals surface area contributed by atoms with Crippen LogP contribution in [0, 0.1) is 0 Å². The highest BCUT2D eigenvalue weighted by Gasteiger charge is 2.34. The van der Waals surface area contributed by atoms with Crippen molar-refractivity contribution in [2.24, 2.45) is 0 Å². The topological polar surface area (TPSA) is 73.8 Å². The summed E-state index contributed by atoms with van der Waals surface area (Å²) in [6.45, 7) is 3.70. The van der Waals surface area contributed by atoms with E-state index in [9.17, 15) is 0 Å². The minimum absolute atomic E-state index is 0.168. The molecule has 0 radical (unpaired) electrons. The van der Waals surface area contributed by atoms with Crippen molar-refractivity contribution in [3.05, 3.63) is 0 Å². The van der Waals surface area contributed by atoms with Gasteiger partial charge < -0.3 is 37.9 Å². The van der Waals surface area contributed by atoms with Crippen molar-refractivity contribution < 1.29 is 37.9 Å². The number of hydrogen-bond donors (Lipinski definition) is 0. The Morgan fingerprint density at radius 1 is 0.536 bits per heavy atom. The van der Waals surface area contributed by atoms with Gasteiger partial charge in [0.2, 0.25) is 0 Å². The highest BCUT2D eigenvalue weighted by atomic mass is 16.7. The van der Waals surface area contributed by atoms with Gasteiger partial charge in [0.25, 0.3) is 0 Å². The number of hydrogen-bond acceptors (Lipinski definition) is 8. The first-order valence-corrected chi connectivity index (χ1v) is 10.9. The predicted octanol–water partition coefficient (Wildman–Crippen LogP) is 2.34. The Balaban J connectivity index is 1.37. The Morgan fingerprint density at radius 2 is 0.893 bits per heavy atom. The molecule has 0 aliphatic carbocycles. The largest absolute Gasteiger partial charge is 0.353 e. The molecule has 0 spiro atoms. The third kappa shape index (κ3) is 6.34. The predicted molar refractivity (Wildman–Crippen MR) is 97.5 cm³/mol. The normalized spacial score (nSPS) is 35.6. The summed E-state index contributed by atoms with van der Waals surface area (Å²) < 4.78 is 47.1. The van der Waals surface area contributed by atoms with Crippen LogP contribution < -0.4 is 0 Å². The molecule has 0 bridgehead atoms. The molecule has 0 aromatic carbocycles. The van der Waals surface area contributed by atoms with E-state index >= 15 is 0 Å². The van der Waals surface area contributed by atoms with Gasteiger partial charge in [-0.2, -0.15) is 0 Å². The van der Waals surface area contributed by atoms with Crippen molar-refractivity contribution in [1.82, 2.24) is 0 Å². The van der Waals surface area contributed by atoms with Crippen LogP contribution in [0.15, 0.2) is 0 Å². The van der Waals surface area contributed by atoms with Crippen LogP contribution in [0.5, 0.6) is 0 Å². The van der Waals surface area contributed by atoms with Crippen LogP contribution in [-0.2, 0) is 37.9 Å². The van der Waals surface area contributed by atoms with E-state index in [1.165, 1.54) is 0 Å². The van der Waals surface area contributed by atoms with Crippen molar-refractivity contribution >= 4 is 0 Å².